The standard InChI is InChI=1S/C15H13NO2/c16-15(17)11-10-12-6-4-5-9-14(12)18-13-7-2-1-3-8-13/h1-11H,(H2,16,17)/b11-10+. The molecule has 0 aliphatic heterocycles. The Kier molecular flexibility index (Phi) is 3.76. The van der Waals surface area contributed by atoms with E-state index in [1.54, 1.807) is 6.08 Å². The van der Waals surface area contributed by atoms with Gasteiger partial charge >= 0.3 is 0 Å². The molecule has 0 saturated carbocycles. The Morgan fingerprint density at radius 3 is 2.39 bits per heavy atom. The van der Waals surface area contributed by atoms with Gasteiger partial charge in [-0.3, -0.25) is 4.79 Å². The van der Waals surface area contributed by atoms with E-state index in [0.29, 0.717) is 5.75 Å². The summed E-state index contributed by atoms with van der Waals surface area (Å²) in [6.45, 7) is 0. The number of ether oxygens (including phenoxy) is 1. The van der Waals surface area contributed by atoms with Gasteiger partial charge in [0, 0.05) is 11.6 Å². The SMILES string of the molecule is NC(=O)/C=C/c1ccccc1Oc1ccccc1. The van der Waals surface area contributed by atoms with E-state index in [2.05, 4.69) is 0 Å². The summed E-state index contributed by atoms with van der Waals surface area (Å²) < 4.78 is 5.74. The third kappa shape index (κ3) is 3.22. The highest BCUT2D eigenvalue weighted by molar-refractivity contribution is 5.90. The van der Waals surface area contributed by atoms with Gasteiger partial charge in [-0.25, -0.2) is 0 Å². The number of benzene rings is 2. The van der Waals surface area contributed by atoms with Crippen molar-refractivity contribution >= 4 is 12.0 Å². The molecule has 0 aromatic heterocycles. The number of rotatable bonds is 4. The third-order valence-electron chi connectivity index (χ3n) is 2.32. The number of primary amides is 1. The Hall–Kier alpha value is -2.55. The summed E-state index contributed by atoms with van der Waals surface area (Å²) in [5, 5.41) is 0. The van der Waals surface area contributed by atoms with E-state index in [4.69, 9.17) is 10.5 Å². The summed E-state index contributed by atoms with van der Waals surface area (Å²) in [5.41, 5.74) is 5.88. The van der Waals surface area contributed by atoms with Crippen LogP contribution in [0.5, 0.6) is 11.5 Å². The molecule has 0 aliphatic rings. The molecule has 0 radical (unpaired) electrons. The van der Waals surface area contributed by atoms with Gasteiger partial charge in [-0.05, 0) is 24.3 Å². The molecule has 90 valence electrons. The largest absolute Gasteiger partial charge is 0.457 e. The molecule has 0 atom stereocenters. The second-order valence-electron chi connectivity index (χ2n) is 3.69. The number of hydrogen-bond donors (Lipinski definition) is 1. The van der Waals surface area contributed by atoms with Crippen LogP contribution in [0.2, 0.25) is 0 Å². The molecule has 0 fully saturated rings. The molecule has 0 saturated heterocycles. The van der Waals surface area contributed by atoms with Gasteiger partial charge in [0.2, 0.25) is 5.91 Å². The quantitative estimate of drug-likeness (QED) is 0.834. The van der Waals surface area contributed by atoms with Crippen molar-refractivity contribution in [2.75, 3.05) is 0 Å². The van der Waals surface area contributed by atoms with Crippen molar-refractivity contribution in [3.63, 3.8) is 0 Å². The maximum atomic E-state index is 10.7. The van der Waals surface area contributed by atoms with Crippen LogP contribution in [0.4, 0.5) is 0 Å². The van der Waals surface area contributed by atoms with Crippen LogP contribution < -0.4 is 10.5 Å². The van der Waals surface area contributed by atoms with E-state index in [-0.39, 0.29) is 0 Å². The van der Waals surface area contributed by atoms with Gasteiger partial charge in [-0.15, -0.1) is 0 Å². The molecule has 3 heteroatoms. The first-order valence-corrected chi connectivity index (χ1v) is 5.55. The Labute approximate surface area is 106 Å². The highest BCUT2D eigenvalue weighted by Gasteiger charge is 2.01. The zero-order chi connectivity index (χ0) is 12.8. The first kappa shape index (κ1) is 11.9. The lowest BCUT2D eigenvalue weighted by atomic mass is 10.2. The van der Waals surface area contributed by atoms with Crippen LogP contribution in [-0.4, -0.2) is 5.91 Å². The van der Waals surface area contributed by atoms with Crippen LogP contribution in [0.1, 0.15) is 5.56 Å². The summed E-state index contributed by atoms with van der Waals surface area (Å²) in [4.78, 5) is 10.7. The summed E-state index contributed by atoms with van der Waals surface area (Å²) >= 11 is 0. The van der Waals surface area contributed by atoms with E-state index < -0.39 is 5.91 Å². The number of hydrogen-bond acceptors (Lipinski definition) is 2. The topological polar surface area (TPSA) is 52.3 Å². The monoisotopic (exact) mass is 239 g/mol. The van der Waals surface area contributed by atoms with Crippen molar-refractivity contribution in [3.05, 3.63) is 66.2 Å². The maximum Gasteiger partial charge on any atom is 0.241 e. The molecular weight excluding hydrogens is 226 g/mol. The van der Waals surface area contributed by atoms with Gasteiger partial charge < -0.3 is 10.5 Å². The van der Waals surface area contributed by atoms with Crippen LogP contribution in [0.15, 0.2) is 60.7 Å². The van der Waals surface area contributed by atoms with E-state index >= 15 is 0 Å². The Morgan fingerprint density at radius 1 is 1.00 bits per heavy atom. The van der Waals surface area contributed by atoms with Gasteiger partial charge in [-0.2, -0.15) is 0 Å². The Balaban J connectivity index is 2.25. The van der Waals surface area contributed by atoms with Crippen molar-refractivity contribution in [2.45, 2.75) is 0 Å². The molecule has 0 aliphatic carbocycles. The number of nitrogens with two attached hydrogens (primary N) is 1. The van der Waals surface area contributed by atoms with Crippen LogP contribution in [0.25, 0.3) is 6.08 Å². The predicted octanol–water partition coefficient (Wildman–Crippen LogP) is 2.98. The zero-order valence-corrected chi connectivity index (χ0v) is 9.74. The Bertz CT molecular complexity index is 562. The number of amides is 1. The van der Waals surface area contributed by atoms with Crippen LogP contribution in [-0.2, 0) is 4.79 Å². The maximum absolute atomic E-state index is 10.7. The molecule has 0 spiro atoms. The number of carbonyl (C=O) groups excluding carboxylic acids is 1. The molecule has 2 aromatic carbocycles. The molecule has 2 rings (SSSR count). The fourth-order valence-corrected chi connectivity index (χ4v) is 1.50. The zero-order valence-electron chi connectivity index (χ0n) is 9.74. The minimum Gasteiger partial charge on any atom is -0.457 e. The third-order valence-corrected chi connectivity index (χ3v) is 2.32. The first-order valence-electron chi connectivity index (χ1n) is 5.55. The van der Waals surface area contributed by atoms with Crippen molar-refractivity contribution < 1.29 is 9.53 Å². The summed E-state index contributed by atoms with van der Waals surface area (Å²) in [7, 11) is 0. The van der Waals surface area contributed by atoms with Crippen LogP contribution in [0, 0.1) is 0 Å². The number of para-hydroxylation sites is 2. The molecule has 0 heterocycles. The van der Waals surface area contributed by atoms with Crippen molar-refractivity contribution in [1.82, 2.24) is 0 Å². The van der Waals surface area contributed by atoms with Crippen molar-refractivity contribution in [3.8, 4) is 11.5 Å². The van der Waals surface area contributed by atoms with Crippen LogP contribution in [0.3, 0.4) is 0 Å². The first-order chi connectivity index (χ1) is 8.75. The van der Waals surface area contributed by atoms with E-state index in [0.717, 1.165) is 11.3 Å². The number of carbonyl (C=O) groups is 1. The minimum absolute atomic E-state index is 0.482. The second-order valence-corrected chi connectivity index (χ2v) is 3.69. The minimum atomic E-state index is -0.482. The molecule has 2 N–H and O–H groups in total. The van der Waals surface area contributed by atoms with E-state index in [1.807, 2.05) is 54.6 Å². The van der Waals surface area contributed by atoms with Gasteiger partial charge in [0.1, 0.15) is 11.5 Å². The molecule has 1 amide bonds. The molecule has 2 aromatic rings. The van der Waals surface area contributed by atoms with Gasteiger partial charge in [0.05, 0.1) is 0 Å². The average Bonchev–Trinajstić information content (AvgIpc) is 2.39. The van der Waals surface area contributed by atoms with Crippen molar-refractivity contribution in [1.29, 1.82) is 0 Å². The molecule has 0 unspecified atom stereocenters. The molecular formula is C15H13NO2. The highest BCUT2D eigenvalue weighted by Crippen LogP contribution is 2.25. The Morgan fingerprint density at radius 2 is 1.67 bits per heavy atom. The predicted molar refractivity (Wildman–Crippen MR) is 71.2 cm³/mol. The fraction of sp³-hybridized carbons (Fsp3) is 0. The molecule has 18 heavy (non-hydrogen) atoms. The average molecular weight is 239 g/mol. The lowest BCUT2D eigenvalue weighted by Crippen LogP contribution is -2.05. The lowest BCUT2D eigenvalue weighted by molar-refractivity contribution is -0.113. The van der Waals surface area contributed by atoms with Gasteiger partial charge in [0.25, 0.3) is 0 Å². The molecule has 0 bridgehead atoms. The lowest BCUT2D eigenvalue weighted by Gasteiger charge is -2.08. The summed E-state index contributed by atoms with van der Waals surface area (Å²) in [6.07, 6.45) is 2.95. The summed E-state index contributed by atoms with van der Waals surface area (Å²) in [5.74, 6) is 0.947. The highest BCUT2D eigenvalue weighted by atomic mass is 16.5. The smallest absolute Gasteiger partial charge is 0.241 e. The second kappa shape index (κ2) is 5.68. The van der Waals surface area contributed by atoms with Gasteiger partial charge in [-0.1, -0.05) is 36.4 Å². The van der Waals surface area contributed by atoms with Gasteiger partial charge in [0.15, 0.2) is 0 Å². The normalized spacial score (nSPS) is 10.4. The summed E-state index contributed by atoms with van der Waals surface area (Å²) in [6, 6.07) is 16.9. The molecule has 3 nitrogen and oxygen atoms in total. The van der Waals surface area contributed by atoms with E-state index in [9.17, 15) is 4.79 Å². The van der Waals surface area contributed by atoms with Crippen LogP contribution >= 0.6 is 0 Å². The van der Waals surface area contributed by atoms with Crippen molar-refractivity contribution in [2.24, 2.45) is 5.73 Å². The van der Waals surface area contributed by atoms with E-state index in [1.165, 1.54) is 6.08 Å². The fourth-order valence-electron chi connectivity index (χ4n) is 1.50.